The van der Waals surface area contributed by atoms with Crippen molar-refractivity contribution in [1.82, 2.24) is 20.6 Å². The first-order valence-electron chi connectivity index (χ1n) is 7.41. The van der Waals surface area contributed by atoms with Crippen molar-refractivity contribution < 1.29 is 4.79 Å². The smallest absolute Gasteiger partial charge is 0.224 e. The molecule has 0 unspecified atom stereocenters. The molecule has 6 nitrogen and oxygen atoms in total. The Bertz CT molecular complexity index is 590. The molecular formula is C15H19N5O. The van der Waals surface area contributed by atoms with Crippen molar-refractivity contribution >= 4 is 11.6 Å². The summed E-state index contributed by atoms with van der Waals surface area (Å²) in [6, 6.07) is 7.76. The summed E-state index contributed by atoms with van der Waals surface area (Å²) in [6.45, 7) is 0. The van der Waals surface area contributed by atoms with Crippen molar-refractivity contribution in [2.24, 2.45) is 5.92 Å². The summed E-state index contributed by atoms with van der Waals surface area (Å²) in [5, 5.41) is 16.9. The van der Waals surface area contributed by atoms with E-state index in [1.807, 2.05) is 24.3 Å². The summed E-state index contributed by atoms with van der Waals surface area (Å²) in [6.07, 6.45) is 6.04. The molecule has 0 saturated heterocycles. The highest BCUT2D eigenvalue weighted by Crippen LogP contribution is 2.28. The molecule has 0 atom stereocenters. The normalized spacial score (nSPS) is 15.2. The molecule has 110 valence electrons. The van der Waals surface area contributed by atoms with E-state index < -0.39 is 0 Å². The molecule has 1 fully saturated rings. The topological polar surface area (TPSA) is 83.6 Å². The number of tetrazole rings is 1. The number of anilines is 1. The number of nitrogens with zero attached hydrogens (tertiary/aromatic N) is 3. The predicted octanol–water partition coefficient (Wildman–Crippen LogP) is 2.31. The van der Waals surface area contributed by atoms with Crippen LogP contribution in [0.1, 0.15) is 43.5 Å². The van der Waals surface area contributed by atoms with E-state index in [2.05, 4.69) is 25.9 Å². The van der Waals surface area contributed by atoms with Crippen LogP contribution in [0.3, 0.4) is 0 Å². The maximum Gasteiger partial charge on any atom is 0.224 e. The minimum absolute atomic E-state index is 0.0995. The molecule has 0 aliphatic heterocycles. The zero-order valence-corrected chi connectivity index (χ0v) is 11.9. The van der Waals surface area contributed by atoms with Crippen LogP contribution in [0.15, 0.2) is 24.3 Å². The summed E-state index contributed by atoms with van der Waals surface area (Å²) < 4.78 is 0. The van der Waals surface area contributed by atoms with Crippen LogP contribution >= 0.6 is 0 Å². The van der Waals surface area contributed by atoms with Gasteiger partial charge < -0.3 is 5.32 Å². The van der Waals surface area contributed by atoms with Crippen LogP contribution in [0.25, 0.3) is 0 Å². The summed E-state index contributed by atoms with van der Waals surface area (Å²) in [5.74, 6) is 1.27. The van der Waals surface area contributed by atoms with Gasteiger partial charge in [0.1, 0.15) is 0 Å². The zero-order valence-electron chi connectivity index (χ0n) is 11.9. The first kappa shape index (κ1) is 13.7. The molecule has 1 aliphatic rings. The Labute approximate surface area is 123 Å². The van der Waals surface area contributed by atoms with Gasteiger partial charge in [-0.25, -0.2) is 0 Å². The highest BCUT2D eigenvalue weighted by atomic mass is 16.1. The fourth-order valence-corrected chi connectivity index (χ4v) is 2.90. The number of aromatic amines is 1. The van der Waals surface area contributed by atoms with Crippen LogP contribution in [-0.2, 0) is 11.2 Å². The lowest BCUT2D eigenvalue weighted by molar-refractivity contribution is -0.117. The third-order valence-corrected chi connectivity index (χ3v) is 3.98. The molecule has 1 saturated carbocycles. The Morgan fingerprint density at radius 1 is 1.29 bits per heavy atom. The molecule has 3 rings (SSSR count). The second-order valence-corrected chi connectivity index (χ2v) is 5.56. The van der Waals surface area contributed by atoms with Crippen LogP contribution in [-0.4, -0.2) is 26.5 Å². The van der Waals surface area contributed by atoms with Gasteiger partial charge in [0, 0.05) is 18.5 Å². The van der Waals surface area contributed by atoms with E-state index in [0.717, 1.165) is 11.3 Å². The minimum atomic E-state index is 0.0995. The Morgan fingerprint density at radius 3 is 2.86 bits per heavy atom. The summed E-state index contributed by atoms with van der Waals surface area (Å²) >= 11 is 0. The van der Waals surface area contributed by atoms with Crippen LogP contribution in [0.4, 0.5) is 5.69 Å². The minimum Gasteiger partial charge on any atom is -0.326 e. The van der Waals surface area contributed by atoms with E-state index in [9.17, 15) is 4.79 Å². The molecule has 1 heterocycles. The number of hydrogen-bond acceptors (Lipinski definition) is 4. The fraction of sp³-hybridized carbons (Fsp3) is 0.467. The van der Waals surface area contributed by atoms with Crippen molar-refractivity contribution in [3.05, 3.63) is 35.7 Å². The summed E-state index contributed by atoms with van der Waals surface area (Å²) in [5.41, 5.74) is 1.84. The molecule has 2 N–H and O–H groups in total. The van der Waals surface area contributed by atoms with Crippen molar-refractivity contribution in [2.75, 3.05) is 5.32 Å². The third-order valence-electron chi connectivity index (χ3n) is 3.98. The maximum atomic E-state index is 12.2. The Hall–Kier alpha value is -2.24. The highest BCUT2D eigenvalue weighted by Gasteiger charge is 2.19. The predicted molar refractivity (Wildman–Crippen MR) is 78.6 cm³/mol. The number of nitrogens with one attached hydrogen (secondary N) is 2. The summed E-state index contributed by atoms with van der Waals surface area (Å²) in [4.78, 5) is 12.2. The SMILES string of the molecule is O=C(CC1CCCC1)Nc1ccccc1Cc1nn[nH]n1. The van der Waals surface area contributed by atoms with Gasteiger partial charge >= 0.3 is 0 Å². The molecule has 21 heavy (non-hydrogen) atoms. The van der Waals surface area contributed by atoms with Crippen LogP contribution in [0, 0.1) is 5.92 Å². The van der Waals surface area contributed by atoms with Crippen LogP contribution in [0.5, 0.6) is 0 Å². The van der Waals surface area contributed by atoms with Gasteiger partial charge in [-0.1, -0.05) is 36.3 Å². The molecule has 0 bridgehead atoms. The van der Waals surface area contributed by atoms with E-state index in [0.29, 0.717) is 24.6 Å². The lowest BCUT2D eigenvalue weighted by Crippen LogP contribution is -2.16. The molecule has 1 aromatic carbocycles. The van der Waals surface area contributed by atoms with Gasteiger partial charge in [-0.3, -0.25) is 4.79 Å². The zero-order chi connectivity index (χ0) is 14.5. The Morgan fingerprint density at radius 2 is 2.10 bits per heavy atom. The Balaban J connectivity index is 1.65. The molecule has 0 spiro atoms. The molecular weight excluding hydrogens is 266 g/mol. The number of para-hydroxylation sites is 1. The van der Waals surface area contributed by atoms with Crippen LogP contribution < -0.4 is 5.32 Å². The number of carbonyl (C=O) groups excluding carboxylic acids is 1. The van der Waals surface area contributed by atoms with E-state index in [1.54, 1.807) is 0 Å². The fourth-order valence-electron chi connectivity index (χ4n) is 2.90. The van der Waals surface area contributed by atoms with E-state index in [1.165, 1.54) is 25.7 Å². The van der Waals surface area contributed by atoms with Gasteiger partial charge in [0.05, 0.1) is 0 Å². The quantitative estimate of drug-likeness (QED) is 0.883. The first-order valence-corrected chi connectivity index (χ1v) is 7.41. The standard InChI is InChI=1S/C15H19N5O/c21-15(9-11-5-1-2-6-11)16-13-8-4-3-7-12(13)10-14-17-19-20-18-14/h3-4,7-8,11H,1-2,5-6,9-10H2,(H,16,21)(H,17,18,19,20). The molecule has 1 aliphatic carbocycles. The number of benzene rings is 1. The van der Waals surface area contributed by atoms with E-state index >= 15 is 0 Å². The van der Waals surface area contributed by atoms with E-state index in [4.69, 9.17) is 0 Å². The molecule has 0 radical (unpaired) electrons. The van der Waals surface area contributed by atoms with Gasteiger partial charge in [-0.2, -0.15) is 5.21 Å². The number of aromatic nitrogens is 4. The maximum absolute atomic E-state index is 12.2. The number of rotatable bonds is 5. The first-order chi connectivity index (χ1) is 10.3. The number of carbonyl (C=O) groups is 1. The molecule has 1 amide bonds. The van der Waals surface area contributed by atoms with Crippen LogP contribution in [0.2, 0.25) is 0 Å². The number of H-pyrrole nitrogens is 1. The highest BCUT2D eigenvalue weighted by molar-refractivity contribution is 5.91. The van der Waals surface area contributed by atoms with Crippen molar-refractivity contribution in [2.45, 2.75) is 38.5 Å². The third kappa shape index (κ3) is 3.65. The largest absolute Gasteiger partial charge is 0.326 e. The van der Waals surface area contributed by atoms with Crippen molar-refractivity contribution in [3.8, 4) is 0 Å². The van der Waals surface area contributed by atoms with E-state index in [-0.39, 0.29) is 5.91 Å². The average molecular weight is 285 g/mol. The lowest BCUT2D eigenvalue weighted by atomic mass is 10.0. The number of hydrogen-bond donors (Lipinski definition) is 2. The second-order valence-electron chi connectivity index (χ2n) is 5.56. The molecule has 6 heteroatoms. The molecule has 2 aromatic rings. The summed E-state index contributed by atoms with van der Waals surface area (Å²) in [7, 11) is 0. The van der Waals surface area contributed by atoms with Gasteiger partial charge in [0.15, 0.2) is 5.82 Å². The average Bonchev–Trinajstić information content (AvgIpc) is 3.14. The van der Waals surface area contributed by atoms with Gasteiger partial charge in [-0.15, -0.1) is 10.2 Å². The Kier molecular flexibility index (Phi) is 4.23. The second kappa shape index (κ2) is 6.47. The van der Waals surface area contributed by atoms with Gasteiger partial charge in [-0.05, 0) is 30.4 Å². The van der Waals surface area contributed by atoms with Crippen molar-refractivity contribution in [3.63, 3.8) is 0 Å². The van der Waals surface area contributed by atoms with Gasteiger partial charge in [0.2, 0.25) is 5.91 Å². The molecule has 1 aromatic heterocycles. The lowest BCUT2D eigenvalue weighted by Gasteiger charge is -2.12. The monoisotopic (exact) mass is 285 g/mol. The van der Waals surface area contributed by atoms with Crippen molar-refractivity contribution in [1.29, 1.82) is 0 Å². The number of amides is 1. The van der Waals surface area contributed by atoms with Gasteiger partial charge in [0.25, 0.3) is 0 Å².